The van der Waals surface area contributed by atoms with Gasteiger partial charge in [0.1, 0.15) is 0 Å². The van der Waals surface area contributed by atoms with Crippen molar-refractivity contribution in [1.82, 2.24) is 4.72 Å². The maximum absolute atomic E-state index is 12.2. The first-order valence-electron chi connectivity index (χ1n) is 6.33. The van der Waals surface area contributed by atoms with Gasteiger partial charge in [0, 0.05) is 20.3 Å². The summed E-state index contributed by atoms with van der Waals surface area (Å²) in [5, 5.41) is 0. The summed E-state index contributed by atoms with van der Waals surface area (Å²) < 4.78 is 32.2. The van der Waals surface area contributed by atoms with Crippen LogP contribution in [0.25, 0.3) is 0 Å². The Balaban J connectivity index is 2.74. The molecule has 0 heterocycles. The zero-order chi connectivity index (χ0) is 14.5. The summed E-state index contributed by atoms with van der Waals surface area (Å²) in [5.41, 5.74) is 0.621. The Morgan fingerprint density at radius 3 is 2.47 bits per heavy atom. The predicted octanol–water partition coefficient (Wildman–Crippen LogP) is 2.34. The van der Waals surface area contributed by atoms with Gasteiger partial charge in [0.15, 0.2) is 0 Å². The molecule has 0 radical (unpaired) electrons. The molecule has 0 amide bonds. The number of ether oxygens (including phenoxy) is 1. The molecule has 1 aromatic rings. The molecule has 0 aliphatic carbocycles. The highest BCUT2D eigenvalue weighted by atomic mass is 32.2. The van der Waals surface area contributed by atoms with Crippen LogP contribution in [0.2, 0.25) is 0 Å². The molecule has 108 valence electrons. The number of sulfonamides is 1. The van der Waals surface area contributed by atoms with Crippen molar-refractivity contribution >= 4 is 10.0 Å². The number of rotatable bonds is 7. The van der Waals surface area contributed by atoms with Gasteiger partial charge in [0.25, 0.3) is 0 Å². The lowest BCUT2D eigenvalue weighted by Crippen LogP contribution is -2.35. The van der Waals surface area contributed by atoms with Crippen LogP contribution in [-0.4, -0.2) is 28.7 Å². The zero-order valence-corrected chi connectivity index (χ0v) is 12.9. The Morgan fingerprint density at radius 1 is 1.26 bits per heavy atom. The van der Waals surface area contributed by atoms with E-state index in [0.29, 0.717) is 18.0 Å². The van der Waals surface area contributed by atoms with Crippen LogP contribution in [0, 0.1) is 12.3 Å². The van der Waals surface area contributed by atoms with Gasteiger partial charge in [-0.1, -0.05) is 32.0 Å². The number of hydrogen-bond donors (Lipinski definition) is 1. The summed E-state index contributed by atoms with van der Waals surface area (Å²) in [4.78, 5) is 0.345. The maximum atomic E-state index is 12.2. The Bertz CT molecular complexity index is 509. The minimum Gasteiger partial charge on any atom is -0.385 e. The maximum Gasteiger partial charge on any atom is 0.240 e. The lowest BCUT2D eigenvalue weighted by atomic mass is 9.90. The molecule has 1 aromatic carbocycles. The lowest BCUT2D eigenvalue weighted by Gasteiger charge is -2.24. The summed E-state index contributed by atoms with van der Waals surface area (Å²) >= 11 is 0. The van der Waals surface area contributed by atoms with Crippen molar-refractivity contribution in [1.29, 1.82) is 0 Å². The minimum absolute atomic E-state index is 0.133. The van der Waals surface area contributed by atoms with Crippen molar-refractivity contribution in [2.45, 2.75) is 32.1 Å². The standard InChI is InChI=1S/C14H23NO3S/c1-12-7-5-6-8-13(12)19(16,17)15-11-14(2,3)9-10-18-4/h5-8,15H,9-11H2,1-4H3. The molecule has 19 heavy (non-hydrogen) atoms. The summed E-state index contributed by atoms with van der Waals surface area (Å²) in [6.45, 7) is 6.86. The van der Waals surface area contributed by atoms with Gasteiger partial charge < -0.3 is 4.74 Å². The molecular formula is C14H23NO3S. The van der Waals surface area contributed by atoms with Crippen molar-refractivity contribution in [3.63, 3.8) is 0 Å². The van der Waals surface area contributed by atoms with Crippen LogP contribution in [0.4, 0.5) is 0 Å². The Kier molecular flexibility index (Phi) is 5.52. The molecule has 0 aromatic heterocycles. The lowest BCUT2D eigenvalue weighted by molar-refractivity contribution is 0.153. The summed E-state index contributed by atoms with van der Waals surface area (Å²) in [7, 11) is -1.79. The second-order valence-electron chi connectivity index (χ2n) is 5.50. The third-order valence-corrected chi connectivity index (χ3v) is 4.67. The van der Waals surface area contributed by atoms with Crippen molar-refractivity contribution in [2.75, 3.05) is 20.3 Å². The normalized spacial score (nSPS) is 12.6. The molecule has 1 N–H and O–H groups in total. The molecule has 0 bridgehead atoms. The largest absolute Gasteiger partial charge is 0.385 e. The number of methoxy groups -OCH3 is 1. The molecule has 0 unspecified atom stereocenters. The molecule has 0 atom stereocenters. The van der Waals surface area contributed by atoms with E-state index < -0.39 is 10.0 Å². The van der Waals surface area contributed by atoms with E-state index in [1.54, 1.807) is 32.2 Å². The number of hydrogen-bond acceptors (Lipinski definition) is 3. The Morgan fingerprint density at radius 2 is 1.89 bits per heavy atom. The summed E-state index contributed by atoms with van der Waals surface area (Å²) in [5.74, 6) is 0. The van der Waals surface area contributed by atoms with Gasteiger partial charge in [-0.05, 0) is 30.4 Å². The van der Waals surface area contributed by atoms with Gasteiger partial charge in [0.2, 0.25) is 10.0 Å². The highest BCUT2D eigenvalue weighted by molar-refractivity contribution is 7.89. The molecule has 0 spiro atoms. The van der Waals surface area contributed by atoms with Gasteiger partial charge >= 0.3 is 0 Å². The van der Waals surface area contributed by atoms with Crippen LogP contribution in [0.5, 0.6) is 0 Å². The molecule has 0 aliphatic heterocycles. The van der Waals surface area contributed by atoms with Crippen molar-refractivity contribution in [3.8, 4) is 0 Å². The summed E-state index contributed by atoms with van der Waals surface area (Å²) in [6, 6.07) is 6.99. The van der Waals surface area contributed by atoms with E-state index in [1.807, 2.05) is 19.9 Å². The van der Waals surface area contributed by atoms with Gasteiger partial charge in [-0.3, -0.25) is 0 Å². The number of benzene rings is 1. The predicted molar refractivity (Wildman–Crippen MR) is 76.6 cm³/mol. The van der Waals surface area contributed by atoms with E-state index in [2.05, 4.69) is 4.72 Å². The van der Waals surface area contributed by atoms with Crippen molar-refractivity contribution < 1.29 is 13.2 Å². The summed E-state index contributed by atoms with van der Waals surface area (Å²) in [6.07, 6.45) is 0.805. The smallest absolute Gasteiger partial charge is 0.240 e. The zero-order valence-electron chi connectivity index (χ0n) is 12.1. The average molecular weight is 285 g/mol. The monoisotopic (exact) mass is 285 g/mol. The highest BCUT2D eigenvalue weighted by Crippen LogP contribution is 2.21. The van der Waals surface area contributed by atoms with E-state index in [9.17, 15) is 8.42 Å². The van der Waals surface area contributed by atoms with E-state index in [1.165, 1.54) is 0 Å². The van der Waals surface area contributed by atoms with Crippen molar-refractivity contribution in [3.05, 3.63) is 29.8 Å². The van der Waals surface area contributed by atoms with E-state index >= 15 is 0 Å². The fourth-order valence-electron chi connectivity index (χ4n) is 1.69. The van der Waals surface area contributed by atoms with E-state index in [0.717, 1.165) is 12.0 Å². The van der Waals surface area contributed by atoms with Crippen LogP contribution in [0.3, 0.4) is 0 Å². The second-order valence-corrected chi connectivity index (χ2v) is 7.23. The van der Waals surface area contributed by atoms with Gasteiger partial charge in [-0.2, -0.15) is 0 Å². The first-order valence-corrected chi connectivity index (χ1v) is 7.81. The number of nitrogens with one attached hydrogen (secondary N) is 1. The van der Waals surface area contributed by atoms with Crippen LogP contribution in [0.15, 0.2) is 29.2 Å². The fourth-order valence-corrected chi connectivity index (χ4v) is 3.18. The molecule has 0 saturated carbocycles. The molecule has 0 saturated heterocycles. The van der Waals surface area contributed by atoms with Crippen LogP contribution < -0.4 is 4.72 Å². The third-order valence-electron chi connectivity index (χ3n) is 3.11. The van der Waals surface area contributed by atoms with Gasteiger partial charge in [-0.25, -0.2) is 13.1 Å². The van der Waals surface area contributed by atoms with E-state index in [-0.39, 0.29) is 5.41 Å². The molecule has 0 fully saturated rings. The average Bonchev–Trinajstić information content (AvgIpc) is 2.35. The Hall–Kier alpha value is -0.910. The first-order chi connectivity index (χ1) is 8.78. The fraction of sp³-hybridized carbons (Fsp3) is 0.571. The third kappa shape index (κ3) is 4.93. The van der Waals surface area contributed by atoms with Crippen LogP contribution >= 0.6 is 0 Å². The van der Waals surface area contributed by atoms with E-state index in [4.69, 9.17) is 4.74 Å². The van der Waals surface area contributed by atoms with Gasteiger partial charge in [-0.15, -0.1) is 0 Å². The molecule has 5 heteroatoms. The van der Waals surface area contributed by atoms with Crippen LogP contribution in [-0.2, 0) is 14.8 Å². The molecule has 1 rings (SSSR count). The van der Waals surface area contributed by atoms with Gasteiger partial charge in [0.05, 0.1) is 4.90 Å². The molecule has 0 aliphatic rings. The number of aryl methyl sites for hydroxylation is 1. The molecule has 4 nitrogen and oxygen atoms in total. The first kappa shape index (κ1) is 16.1. The molecular weight excluding hydrogens is 262 g/mol. The van der Waals surface area contributed by atoms with Crippen molar-refractivity contribution in [2.24, 2.45) is 5.41 Å². The quantitative estimate of drug-likeness (QED) is 0.836. The minimum atomic E-state index is -3.44. The SMILES string of the molecule is COCCC(C)(C)CNS(=O)(=O)c1ccccc1C. The second kappa shape index (κ2) is 6.50. The van der Waals surface area contributed by atoms with Crippen LogP contribution in [0.1, 0.15) is 25.8 Å². The highest BCUT2D eigenvalue weighted by Gasteiger charge is 2.22. The Labute approximate surface area is 116 Å². The topological polar surface area (TPSA) is 55.4 Å².